The zero-order valence-corrected chi connectivity index (χ0v) is 13.8. The molecule has 5 nitrogen and oxygen atoms in total. The first kappa shape index (κ1) is 18.5. The van der Waals surface area contributed by atoms with Crippen LogP contribution in [0, 0.1) is 0 Å². The molecule has 1 aliphatic heterocycles. The molecule has 3 rings (SSSR count). The minimum Gasteiger partial charge on any atom is -0.326 e. The maximum Gasteiger partial charge on any atom is 0.226 e. The van der Waals surface area contributed by atoms with Gasteiger partial charge in [0.25, 0.3) is 0 Å². The minimum absolute atomic E-state index is 0. The van der Waals surface area contributed by atoms with E-state index in [-0.39, 0.29) is 30.7 Å². The molecule has 1 aromatic heterocycles. The van der Waals surface area contributed by atoms with E-state index in [1.54, 1.807) is 10.9 Å². The third-order valence-electron chi connectivity index (χ3n) is 3.50. The first-order valence-corrected chi connectivity index (χ1v) is 6.91. The van der Waals surface area contributed by atoms with Crippen LogP contribution in [0.25, 0.3) is 0 Å². The number of anilines is 1. The molecule has 0 saturated carbocycles. The molecule has 7 heteroatoms. The van der Waals surface area contributed by atoms with Gasteiger partial charge < -0.3 is 10.6 Å². The molecule has 2 heterocycles. The highest BCUT2D eigenvalue weighted by Crippen LogP contribution is 2.19. The molecule has 1 aliphatic rings. The molecule has 120 valence electrons. The molecule has 0 fully saturated rings. The van der Waals surface area contributed by atoms with Crippen molar-refractivity contribution in [3.05, 3.63) is 47.8 Å². The lowest BCUT2D eigenvalue weighted by Crippen LogP contribution is -2.23. The van der Waals surface area contributed by atoms with Gasteiger partial charge in [-0.05, 0) is 42.3 Å². The Bertz CT molecular complexity index is 602. The molecular weight excluding hydrogens is 323 g/mol. The number of benzene rings is 1. The molecule has 2 N–H and O–H groups in total. The fourth-order valence-corrected chi connectivity index (χ4v) is 2.43. The number of fused-ring (bicyclic) bond motifs is 1. The van der Waals surface area contributed by atoms with Crippen LogP contribution in [-0.4, -0.2) is 22.2 Å². The van der Waals surface area contributed by atoms with Gasteiger partial charge in [-0.25, -0.2) is 0 Å². The Morgan fingerprint density at radius 1 is 1.32 bits per heavy atom. The molecule has 0 bridgehead atoms. The molecule has 0 aliphatic carbocycles. The van der Waals surface area contributed by atoms with Crippen molar-refractivity contribution in [1.29, 1.82) is 0 Å². The first-order chi connectivity index (χ1) is 9.81. The van der Waals surface area contributed by atoms with E-state index in [1.807, 2.05) is 18.3 Å². The van der Waals surface area contributed by atoms with Crippen LogP contribution in [-0.2, 0) is 24.3 Å². The van der Waals surface area contributed by atoms with Gasteiger partial charge in [-0.2, -0.15) is 5.10 Å². The zero-order chi connectivity index (χ0) is 13.8. The van der Waals surface area contributed by atoms with E-state index >= 15 is 0 Å². The number of rotatable bonds is 4. The van der Waals surface area contributed by atoms with Gasteiger partial charge in [-0.15, -0.1) is 24.8 Å². The van der Waals surface area contributed by atoms with Gasteiger partial charge in [0.1, 0.15) is 0 Å². The largest absolute Gasteiger partial charge is 0.326 e. The van der Waals surface area contributed by atoms with Crippen LogP contribution in [0.3, 0.4) is 0 Å². The van der Waals surface area contributed by atoms with E-state index in [2.05, 4.69) is 27.9 Å². The van der Waals surface area contributed by atoms with Crippen LogP contribution in [0.15, 0.2) is 36.7 Å². The number of halogens is 2. The summed E-state index contributed by atoms with van der Waals surface area (Å²) >= 11 is 0. The molecule has 0 spiro atoms. The van der Waals surface area contributed by atoms with Crippen LogP contribution in [0.5, 0.6) is 0 Å². The summed E-state index contributed by atoms with van der Waals surface area (Å²) in [6.07, 6.45) is 5.06. The molecule has 0 radical (unpaired) electrons. The Morgan fingerprint density at radius 2 is 2.18 bits per heavy atom. The molecule has 22 heavy (non-hydrogen) atoms. The van der Waals surface area contributed by atoms with Gasteiger partial charge in [0.2, 0.25) is 5.91 Å². The Labute approximate surface area is 142 Å². The normalized spacial score (nSPS) is 12.5. The Morgan fingerprint density at radius 3 is 2.95 bits per heavy atom. The number of aromatic nitrogens is 2. The second-order valence-electron chi connectivity index (χ2n) is 4.98. The van der Waals surface area contributed by atoms with Crippen molar-refractivity contribution < 1.29 is 4.79 Å². The number of hydrogen-bond donors (Lipinski definition) is 2. The SMILES string of the molecule is Cl.Cl.O=C(CCn1cccn1)Nc1ccc2c(c1)CNCC2. The monoisotopic (exact) mass is 342 g/mol. The number of carbonyl (C=O) groups excluding carboxylic acids is 1. The molecule has 1 amide bonds. The number of nitrogens with one attached hydrogen (secondary N) is 2. The number of amides is 1. The summed E-state index contributed by atoms with van der Waals surface area (Å²) in [5.41, 5.74) is 3.53. The van der Waals surface area contributed by atoms with E-state index < -0.39 is 0 Å². The summed E-state index contributed by atoms with van der Waals surface area (Å²) in [7, 11) is 0. The van der Waals surface area contributed by atoms with Crippen molar-refractivity contribution in [3.8, 4) is 0 Å². The summed E-state index contributed by atoms with van der Waals surface area (Å²) in [6.45, 7) is 2.51. The number of hydrogen-bond acceptors (Lipinski definition) is 3. The summed E-state index contributed by atoms with van der Waals surface area (Å²) in [5, 5.41) is 10.4. The van der Waals surface area contributed by atoms with E-state index in [0.717, 1.165) is 25.2 Å². The lowest BCUT2D eigenvalue weighted by atomic mass is 10.0. The highest BCUT2D eigenvalue weighted by molar-refractivity contribution is 5.90. The van der Waals surface area contributed by atoms with Crippen molar-refractivity contribution in [2.24, 2.45) is 0 Å². The van der Waals surface area contributed by atoms with Crippen molar-refractivity contribution in [2.45, 2.75) is 25.9 Å². The predicted octanol–water partition coefficient (Wildman–Crippen LogP) is 2.40. The van der Waals surface area contributed by atoms with Crippen LogP contribution >= 0.6 is 24.8 Å². The van der Waals surface area contributed by atoms with Gasteiger partial charge in [-0.1, -0.05) is 6.07 Å². The highest BCUT2D eigenvalue weighted by Gasteiger charge is 2.10. The van der Waals surface area contributed by atoms with Crippen molar-refractivity contribution >= 4 is 36.4 Å². The molecular formula is C15H20Cl2N4O. The maximum absolute atomic E-state index is 11.9. The van der Waals surface area contributed by atoms with Crippen molar-refractivity contribution in [1.82, 2.24) is 15.1 Å². The highest BCUT2D eigenvalue weighted by atomic mass is 35.5. The number of aryl methyl sites for hydroxylation is 1. The maximum atomic E-state index is 11.9. The summed E-state index contributed by atoms with van der Waals surface area (Å²) in [4.78, 5) is 11.9. The zero-order valence-electron chi connectivity index (χ0n) is 12.1. The molecule has 1 aromatic carbocycles. The Balaban J connectivity index is 0.00000121. The molecule has 0 atom stereocenters. The van der Waals surface area contributed by atoms with Crippen molar-refractivity contribution in [2.75, 3.05) is 11.9 Å². The topological polar surface area (TPSA) is 59.0 Å². The van der Waals surface area contributed by atoms with E-state index in [4.69, 9.17) is 0 Å². The minimum atomic E-state index is 0. The lowest BCUT2D eigenvalue weighted by molar-refractivity contribution is -0.116. The summed E-state index contributed by atoms with van der Waals surface area (Å²) in [6, 6.07) is 8.01. The number of carbonyl (C=O) groups is 1. The molecule has 2 aromatic rings. The van der Waals surface area contributed by atoms with Crippen molar-refractivity contribution in [3.63, 3.8) is 0 Å². The fourth-order valence-electron chi connectivity index (χ4n) is 2.43. The predicted molar refractivity (Wildman–Crippen MR) is 91.8 cm³/mol. The second kappa shape index (κ2) is 8.78. The van der Waals surface area contributed by atoms with Crippen LogP contribution in [0.4, 0.5) is 5.69 Å². The first-order valence-electron chi connectivity index (χ1n) is 6.91. The fraction of sp³-hybridized carbons (Fsp3) is 0.333. The van der Waals surface area contributed by atoms with E-state index in [1.165, 1.54) is 11.1 Å². The van der Waals surface area contributed by atoms with Gasteiger partial charge >= 0.3 is 0 Å². The third kappa shape index (κ3) is 4.73. The van der Waals surface area contributed by atoms with Crippen LogP contribution in [0.2, 0.25) is 0 Å². The molecule has 0 unspecified atom stereocenters. The summed E-state index contributed by atoms with van der Waals surface area (Å²) < 4.78 is 1.76. The van der Waals surface area contributed by atoms with Gasteiger partial charge in [0.15, 0.2) is 0 Å². The van der Waals surface area contributed by atoms with E-state index in [0.29, 0.717) is 13.0 Å². The smallest absolute Gasteiger partial charge is 0.226 e. The quantitative estimate of drug-likeness (QED) is 0.896. The van der Waals surface area contributed by atoms with Crippen LogP contribution in [0.1, 0.15) is 17.5 Å². The van der Waals surface area contributed by atoms with E-state index in [9.17, 15) is 4.79 Å². The van der Waals surface area contributed by atoms with Gasteiger partial charge in [0, 0.05) is 37.6 Å². The lowest BCUT2D eigenvalue weighted by Gasteiger charge is -2.18. The standard InChI is InChI=1S/C15H18N4O.2ClH/c20-15(5-9-19-8-1-6-17-19)18-14-3-2-12-4-7-16-11-13(12)10-14;;/h1-3,6,8,10,16H,4-5,7,9,11H2,(H,18,20);2*1H. The Hall–Kier alpha value is -1.56. The molecule has 0 saturated heterocycles. The third-order valence-corrected chi connectivity index (χ3v) is 3.50. The summed E-state index contributed by atoms with van der Waals surface area (Å²) in [5.74, 6) is 0.0178. The van der Waals surface area contributed by atoms with Gasteiger partial charge in [0.05, 0.1) is 0 Å². The number of nitrogens with zero attached hydrogens (tertiary/aromatic N) is 2. The average molecular weight is 343 g/mol. The second-order valence-corrected chi connectivity index (χ2v) is 4.98. The Kier molecular flexibility index (Phi) is 7.38. The van der Waals surface area contributed by atoms with Gasteiger partial charge in [-0.3, -0.25) is 9.48 Å². The average Bonchev–Trinajstić information content (AvgIpc) is 2.98. The van der Waals surface area contributed by atoms with Crippen LogP contribution < -0.4 is 10.6 Å².